The van der Waals surface area contributed by atoms with Gasteiger partial charge in [-0.3, -0.25) is 4.79 Å². The predicted molar refractivity (Wildman–Crippen MR) is 57.8 cm³/mol. The fourth-order valence-corrected chi connectivity index (χ4v) is 0.466. The van der Waals surface area contributed by atoms with Crippen LogP contribution in [-0.2, 0) is 23.9 Å². The van der Waals surface area contributed by atoms with Gasteiger partial charge >= 0.3 is 23.9 Å². The highest BCUT2D eigenvalue weighted by molar-refractivity contribution is 5.91. The van der Waals surface area contributed by atoms with Crippen LogP contribution in [0.2, 0.25) is 0 Å². The minimum atomic E-state index is -1.27. The average molecular weight is 260 g/mol. The van der Waals surface area contributed by atoms with Gasteiger partial charge in [0.15, 0.2) is 0 Å². The molecule has 0 aromatic carbocycles. The van der Waals surface area contributed by atoms with Crippen molar-refractivity contribution in [1.29, 1.82) is 0 Å². The summed E-state index contributed by atoms with van der Waals surface area (Å²) in [6.45, 7) is 3.01. The van der Waals surface area contributed by atoms with Crippen LogP contribution in [0.3, 0.4) is 0 Å². The van der Waals surface area contributed by atoms with Gasteiger partial charge in [-0.15, -0.1) is 0 Å². The molecule has 18 heavy (non-hydrogen) atoms. The van der Waals surface area contributed by atoms with E-state index in [9.17, 15) is 19.2 Å². The van der Waals surface area contributed by atoms with Gasteiger partial charge in [0.1, 0.15) is 0 Å². The zero-order valence-corrected chi connectivity index (χ0v) is 9.45. The molecule has 0 radical (unpaired) electrons. The number of rotatable bonds is 5. The third kappa shape index (κ3) is 13.4. The van der Waals surface area contributed by atoms with E-state index in [-0.39, 0.29) is 5.57 Å². The molecule has 0 aliphatic heterocycles. The number of esters is 1. The quantitative estimate of drug-likeness (QED) is 0.460. The van der Waals surface area contributed by atoms with Gasteiger partial charge in [-0.05, 0) is 0 Å². The maximum Gasteiger partial charge on any atom is 0.331 e. The summed E-state index contributed by atoms with van der Waals surface area (Å²) in [6, 6.07) is 0. The van der Waals surface area contributed by atoms with Gasteiger partial charge in [0.05, 0.1) is 13.5 Å². The van der Waals surface area contributed by atoms with Gasteiger partial charge in [0.25, 0.3) is 0 Å². The van der Waals surface area contributed by atoms with Crippen molar-refractivity contribution in [1.82, 2.24) is 0 Å². The summed E-state index contributed by atoms with van der Waals surface area (Å²) in [6.07, 6.45) is 1.05. The highest BCUT2D eigenvalue weighted by Gasteiger charge is 2.07. The molecule has 0 saturated heterocycles. The summed E-state index contributed by atoms with van der Waals surface area (Å²) in [5.41, 5.74) is -0.303. The Morgan fingerprint density at radius 3 is 1.83 bits per heavy atom. The molecule has 0 aliphatic rings. The van der Waals surface area contributed by atoms with Crippen LogP contribution < -0.4 is 0 Å². The Morgan fingerprint density at radius 2 is 1.61 bits per heavy atom. The lowest BCUT2D eigenvalue weighted by molar-refractivity contribution is -0.139. The lowest BCUT2D eigenvalue weighted by Gasteiger charge is -1.91. The van der Waals surface area contributed by atoms with E-state index in [1.807, 2.05) is 0 Å². The largest absolute Gasteiger partial charge is 0.481 e. The zero-order valence-electron chi connectivity index (χ0n) is 9.45. The van der Waals surface area contributed by atoms with Crippen LogP contribution in [0.5, 0.6) is 0 Å². The second-order valence-corrected chi connectivity index (χ2v) is 2.67. The summed E-state index contributed by atoms with van der Waals surface area (Å²) in [5.74, 6) is -4.28. The highest BCUT2D eigenvalue weighted by atomic mass is 16.5. The number of ether oxygens (including phenoxy) is 1. The van der Waals surface area contributed by atoms with E-state index in [4.69, 9.17) is 15.3 Å². The van der Waals surface area contributed by atoms with E-state index < -0.39 is 30.3 Å². The molecule has 100 valence electrons. The van der Waals surface area contributed by atoms with Crippen molar-refractivity contribution >= 4 is 23.9 Å². The van der Waals surface area contributed by atoms with Crippen LogP contribution in [0.4, 0.5) is 0 Å². The Labute approximate surface area is 102 Å². The molecule has 0 amide bonds. The normalized spacial score (nSPS) is 8.94. The second kappa shape index (κ2) is 9.58. The number of carboxylic acids is 3. The second-order valence-electron chi connectivity index (χ2n) is 2.67. The van der Waals surface area contributed by atoms with E-state index in [1.165, 1.54) is 7.11 Å². The van der Waals surface area contributed by atoms with Crippen LogP contribution in [0.15, 0.2) is 24.3 Å². The molecule has 0 fully saturated rings. The molecule has 0 heterocycles. The minimum absolute atomic E-state index is 0.303. The fourth-order valence-electron chi connectivity index (χ4n) is 0.466. The van der Waals surface area contributed by atoms with Crippen molar-refractivity contribution < 1.29 is 39.2 Å². The van der Waals surface area contributed by atoms with Crippen LogP contribution in [0.1, 0.15) is 6.42 Å². The van der Waals surface area contributed by atoms with E-state index >= 15 is 0 Å². The van der Waals surface area contributed by atoms with E-state index in [0.29, 0.717) is 6.08 Å². The molecule has 8 nitrogen and oxygen atoms in total. The van der Waals surface area contributed by atoms with Crippen molar-refractivity contribution in [2.45, 2.75) is 6.42 Å². The summed E-state index contributed by atoms with van der Waals surface area (Å²) < 4.78 is 4.11. The maximum atomic E-state index is 10.1. The first-order chi connectivity index (χ1) is 8.20. The van der Waals surface area contributed by atoms with Crippen molar-refractivity contribution in [3.63, 3.8) is 0 Å². The number of hydrogen-bond acceptors (Lipinski definition) is 5. The molecule has 3 N–H and O–H groups in total. The van der Waals surface area contributed by atoms with Crippen molar-refractivity contribution in [2.75, 3.05) is 7.11 Å². The summed E-state index contributed by atoms with van der Waals surface area (Å²) in [5, 5.41) is 24.0. The number of aliphatic carboxylic acids is 3. The molecule has 0 aromatic rings. The van der Waals surface area contributed by atoms with Crippen LogP contribution in [0, 0.1) is 0 Å². The van der Waals surface area contributed by atoms with Crippen LogP contribution in [0.25, 0.3) is 0 Å². The molecule has 0 atom stereocenters. The highest BCUT2D eigenvalue weighted by Crippen LogP contribution is 1.95. The molecule has 0 rings (SSSR count). The standard InChI is InChI=1S/2C5H6O4/c1-9-5(8)3-2-4(6)7;1-3(5(8)9)2-4(6)7/h2-3H,1H3,(H,6,7);1-2H2,(H,6,7)(H,8,9)/b3-2-;. The lowest BCUT2D eigenvalue weighted by atomic mass is 10.2. The van der Waals surface area contributed by atoms with Gasteiger partial charge in [0, 0.05) is 17.7 Å². The molecule has 0 aromatic heterocycles. The molecule has 0 unspecified atom stereocenters. The molecule has 0 saturated carbocycles. The molecular weight excluding hydrogens is 248 g/mol. The molecule has 0 bridgehead atoms. The Bertz CT molecular complexity index is 379. The first kappa shape index (κ1) is 17.7. The van der Waals surface area contributed by atoms with Gasteiger partial charge in [-0.25, -0.2) is 14.4 Å². The Morgan fingerprint density at radius 1 is 1.11 bits per heavy atom. The monoisotopic (exact) mass is 260 g/mol. The topological polar surface area (TPSA) is 138 Å². The number of carbonyl (C=O) groups is 4. The van der Waals surface area contributed by atoms with Gasteiger partial charge in [-0.1, -0.05) is 6.58 Å². The smallest absolute Gasteiger partial charge is 0.331 e. The third-order valence-electron chi connectivity index (χ3n) is 1.23. The first-order valence-electron chi connectivity index (χ1n) is 4.32. The summed E-state index contributed by atoms with van der Waals surface area (Å²) in [4.78, 5) is 39.5. The minimum Gasteiger partial charge on any atom is -0.481 e. The number of carbonyl (C=O) groups excluding carboxylic acids is 1. The molecule has 8 heteroatoms. The van der Waals surface area contributed by atoms with Crippen molar-refractivity contribution in [3.05, 3.63) is 24.3 Å². The summed E-state index contributed by atoms with van der Waals surface area (Å²) in [7, 11) is 1.18. The van der Waals surface area contributed by atoms with Crippen LogP contribution in [-0.4, -0.2) is 46.3 Å². The van der Waals surface area contributed by atoms with Crippen LogP contribution >= 0.6 is 0 Å². The van der Waals surface area contributed by atoms with E-state index in [0.717, 1.165) is 6.08 Å². The first-order valence-corrected chi connectivity index (χ1v) is 4.32. The number of methoxy groups -OCH3 is 1. The molecule has 0 aliphatic carbocycles. The van der Waals surface area contributed by atoms with Gasteiger partial charge in [-0.2, -0.15) is 0 Å². The maximum absolute atomic E-state index is 10.1. The van der Waals surface area contributed by atoms with Gasteiger partial charge < -0.3 is 20.1 Å². The van der Waals surface area contributed by atoms with Gasteiger partial charge in [0.2, 0.25) is 0 Å². The Hall–Kier alpha value is -2.64. The zero-order chi connectivity index (χ0) is 14.7. The fraction of sp³-hybridized carbons (Fsp3) is 0.200. The van der Waals surface area contributed by atoms with Crippen molar-refractivity contribution in [3.8, 4) is 0 Å². The average Bonchev–Trinajstić information content (AvgIpc) is 2.25. The molecular formula is C10H12O8. The third-order valence-corrected chi connectivity index (χ3v) is 1.23. The number of hydrogen-bond donors (Lipinski definition) is 3. The van der Waals surface area contributed by atoms with E-state index in [2.05, 4.69) is 11.3 Å². The van der Waals surface area contributed by atoms with Crippen molar-refractivity contribution in [2.24, 2.45) is 0 Å². The SMILES string of the molecule is C=C(CC(=O)O)C(=O)O.COC(=O)/C=C\C(=O)O. The molecule has 0 spiro atoms. The Balaban J connectivity index is 0. The Kier molecular flexibility index (Phi) is 9.44. The van der Waals surface area contributed by atoms with E-state index in [1.54, 1.807) is 0 Å². The predicted octanol–water partition coefficient (Wildman–Crippen LogP) is -0.0979. The number of carboxylic acid groups (broad SMARTS) is 3. The summed E-state index contributed by atoms with van der Waals surface area (Å²) >= 11 is 0. The lowest BCUT2D eigenvalue weighted by Crippen LogP contribution is -2.04.